The maximum atomic E-state index is 11.0. The van der Waals surface area contributed by atoms with Gasteiger partial charge in [0.1, 0.15) is 6.33 Å². The van der Waals surface area contributed by atoms with E-state index in [4.69, 9.17) is 5.11 Å². The van der Waals surface area contributed by atoms with E-state index in [0.29, 0.717) is 5.52 Å². The van der Waals surface area contributed by atoms with Crippen LogP contribution < -0.4 is 0 Å². The molecule has 2 aromatic carbocycles. The fourth-order valence-electron chi connectivity index (χ4n) is 2.41. The van der Waals surface area contributed by atoms with Crippen LogP contribution in [0.15, 0.2) is 41.1 Å². The molecule has 0 spiro atoms. The molecule has 0 fully saturated rings. The van der Waals surface area contributed by atoms with Gasteiger partial charge >= 0.3 is 5.97 Å². The number of nitrogens with zero attached hydrogens (tertiary/aromatic N) is 2. The molecule has 3 rings (SSSR count). The lowest BCUT2D eigenvalue weighted by Gasteiger charge is -2.09. The molecule has 0 saturated heterocycles. The Morgan fingerprint density at radius 2 is 1.86 bits per heavy atom. The van der Waals surface area contributed by atoms with E-state index in [0.717, 1.165) is 26.8 Å². The molecular formula is C16H13BrN2O2. The third-order valence-corrected chi connectivity index (χ3v) is 4.74. The van der Waals surface area contributed by atoms with Gasteiger partial charge in [-0.2, -0.15) is 0 Å². The number of hydrogen-bond acceptors (Lipinski definition) is 2. The molecule has 0 atom stereocenters. The summed E-state index contributed by atoms with van der Waals surface area (Å²) in [5.74, 6) is -0.943. The first kappa shape index (κ1) is 13.8. The number of fused-ring (bicyclic) bond motifs is 1. The minimum atomic E-state index is -0.943. The predicted octanol–water partition coefficient (Wildman–Crippen LogP) is 4.10. The maximum absolute atomic E-state index is 11.0. The van der Waals surface area contributed by atoms with Gasteiger partial charge in [0.05, 0.1) is 16.6 Å². The highest BCUT2D eigenvalue weighted by molar-refractivity contribution is 9.10. The molecule has 0 unspecified atom stereocenters. The van der Waals surface area contributed by atoms with Gasteiger partial charge in [0.15, 0.2) is 0 Å². The average molecular weight is 345 g/mol. The predicted molar refractivity (Wildman–Crippen MR) is 85.2 cm³/mol. The Balaban J connectivity index is 2.20. The van der Waals surface area contributed by atoms with Crippen molar-refractivity contribution in [3.8, 4) is 5.69 Å². The summed E-state index contributed by atoms with van der Waals surface area (Å²) in [6.45, 7) is 4.09. The molecule has 1 aromatic heterocycles. The lowest BCUT2D eigenvalue weighted by atomic mass is 10.1. The van der Waals surface area contributed by atoms with Crippen molar-refractivity contribution in [1.82, 2.24) is 9.55 Å². The van der Waals surface area contributed by atoms with Crippen molar-refractivity contribution in [2.24, 2.45) is 0 Å². The van der Waals surface area contributed by atoms with Gasteiger partial charge in [-0.1, -0.05) is 15.9 Å². The van der Waals surface area contributed by atoms with Crippen LogP contribution in [0.25, 0.3) is 16.7 Å². The average Bonchev–Trinajstić information content (AvgIpc) is 2.87. The Hall–Kier alpha value is -2.14. The van der Waals surface area contributed by atoms with Crippen LogP contribution in [0.3, 0.4) is 0 Å². The number of carboxylic acids is 1. The van der Waals surface area contributed by atoms with Crippen LogP contribution >= 0.6 is 15.9 Å². The van der Waals surface area contributed by atoms with Crippen molar-refractivity contribution in [2.45, 2.75) is 13.8 Å². The standard InChI is InChI=1S/C16H13BrN2O2/c1-9-5-12(6-10(2)15(9)17)19-8-18-13-7-11(16(20)21)3-4-14(13)19/h3-8H,1-2H3,(H,20,21). The number of carbonyl (C=O) groups is 1. The van der Waals surface area contributed by atoms with E-state index in [-0.39, 0.29) is 5.56 Å². The maximum Gasteiger partial charge on any atom is 0.335 e. The van der Waals surface area contributed by atoms with Crippen molar-refractivity contribution in [3.05, 3.63) is 57.8 Å². The first-order valence-corrected chi connectivity index (χ1v) is 7.24. The van der Waals surface area contributed by atoms with E-state index in [1.165, 1.54) is 0 Å². The van der Waals surface area contributed by atoms with E-state index in [1.807, 2.05) is 18.4 Å². The smallest absolute Gasteiger partial charge is 0.335 e. The van der Waals surface area contributed by atoms with Crippen LogP contribution in [0.4, 0.5) is 0 Å². The Morgan fingerprint density at radius 1 is 1.19 bits per heavy atom. The molecule has 5 heteroatoms. The summed E-state index contributed by atoms with van der Waals surface area (Å²) < 4.78 is 3.07. The van der Waals surface area contributed by atoms with E-state index < -0.39 is 5.97 Å². The normalized spacial score (nSPS) is 11.0. The molecule has 0 aliphatic carbocycles. The third-order valence-electron chi connectivity index (χ3n) is 3.49. The van der Waals surface area contributed by atoms with Gasteiger partial charge in [-0.25, -0.2) is 9.78 Å². The number of imidazole rings is 1. The number of hydrogen-bond donors (Lipinski definition) is 1. The van der Waals surface area contributed by atoms with Crippen LogP contribution in [0.5, 0.6) is 0 Å². The van der Waals surface area contributed by atoms with E-state index in [9.17, 15) is 4.79 Å². The van der Waals surface area contributed by atoms with Crippen molar-refractivity contribution < 1.29 is 9.90 Å². The minimum Gasteiger partial charge on any atom is -0.478 e. The number of halogens is 1. The lowest BCUT2D eigenvalue weighted by molar-refractivity contribution is 0.0697. The first-order valence-electron chi connectivity index (χ1n) is 6.45. The molecule has 106 valence electrons. The largest absolute Gasteiger partial charge is 0.478 e. The lowest BCUT2D eigenvalue weighted by Crippen LogP contribution is -1.97. The van der Waals surface area contributed by atoms with Crippen molar-refractivity contribution in [3.63, 3.8) is 0 Å². The molecule has 0 aliphatic rings. The van der Waals surface area contributed by atoms with E-state index in [1.54, 1.807) is 24.5 Å². The summed E-state index contributed by atoms with van der Waals surface area (Å²) in [7, 11) is 0. The molecule has 1 heterocycles. The van der Waals surface area contributed by atoms with Crippen LogP contribution in [0.2, 0.25) is 0 Å². The van der Waals surface area contributed by atoms with Gasteiger partial charge < -0.3 is 5.11 Å². The molecule has 1 N–H and O–H groups in total. The molecule has 0 aliphatic heterocycles. The van der Waals surface area contributed by atoms with Gasteiger partial charge in [-0.15, -0.1) is 0 Å². The van der Waals surface area contributed by atoms with Gasteiger partial charge in [0, 0.05) is 10.2 Å². The molecule has 0 bridgehead atoms. The number of aromatic nitrogens is 2. The summed E-state index contributed by atoms with van der Waals surface area (Å²) in [4.78, 5) is 15.3. The van der Waals surface area contributed by atoms with Gasteiger partial charge in [0.25, 0.3) is 0 Å². The molecule has 0 saturated carbocycles. The van der Waals surface area contributed by atoms with Crippen LogP contribution in [-0.4, -0.2) is 20.6 Å². The fraction of sp³-hybridized carbons (Fsp3) is 0.125. The Bertz CT molecular complexity index is 845. The highest BCUT2D eigenvalue weighted by Crippen LogP contribution is 2.26. The van der Waals surface area contributed by atoms with Crippen LogP contribution in [0, 0.1) is 13.8 Å². The second kappa shape index (κ2) is 5.00. The quantitative estimate of drug-likeness (QED) is 0.761. The molecular weight excluding hydrogens is 332 g/mol. The Kier molecular flexibility index (Phi) is 3.29. The third kappa shape index (κ3) is 2.34. The van der Waals surface area contributed by atoms with Crippen molar-refractivity contribution >= 4 is 32.9 Å². The number of aromatic carboxylic acids is 1. The molecule has 0 radical (unpaired) electrons. The summed E-state index contributed by atoms with van der Waals surface area (Å²) in [6.07, 6.45) is 1.72. The topological polar surface area (TPSA) is 55.1 Å². The van der Waals surface area contributed by atoms with Crippen molar-refractivity contribution in [2.75, 3.05) is 0 Å². The second-order valence-corrected chi connectivity index (χ2v) is 5.81. The SMILES string of the molecule is Cc1cc(-n2cnc3cc(C(=O)O)ccc32)cc(C)c1Br. The highest BCUT2D eigenvalue weighted by Gasteiger charge is 2.10. The van der Waals surface area contributed by atoms with Crippen LogP contribution in [0.1, 0.15) is 21.5 Å². The first-order chi connectivity index (χ1) is 9.97. The number of carboxylic acid groups (broad SMARTS) is 1. The van der Waals surface area contributed by atoms with E-state index >= 15 is 0 Å². The zero-order valence-corrected chi connectivity index (χ0v) is 13.2. The molecule has 3 aromatic rings. The Labute approximate surface area is 130 Å². The highest BCUT2D eigenvalue weighted by atomic mass is 79.9. The zero-order chi connectivity index (χ0) is 15.1. The van der Waals surface area contributed by atoms with Gasteiger partial charge in [-0.3, -0.25) is 4.57 Å². The number of rotatable bonds is 2. The van der Waals surface area contributed by atoms with Crippen LogP contribution in [-0.2, 0) is 0 Å². The summed E-state index contributed by atoms with van der Waals surface area (Å²) in [5, 5.41) is 9.03. The number of aryl methyl sites for hydroxylation is 2. The molecule has 21 heavy (non-hydrogen) atoms. The van der Waals surface area contributed by atoms with Crippen molar-refractivity contribution in [1.29, 1.82) is 0 Å². The minimum absolute atomic E-state index is 0.246. The zero-order valence-electron chi connectivity index (χ0n) is 11.6. The summed E-state index contributed by atoms with van der Waals surface area (Å²) in [5.41, 5.74) is 5.12. The molecule has 0 amide bonds. The fourth-order valence-corrected chi connectivity index (χ4v) is 2.64. The second-order valence-electron chi connectivity index (χ2n) is 5.02. The summed E-state index contributed by atoms with van der Waals surface area (Å²) >= 11 is 3.56. The Morgan fingerprint density at radius 3 is 2.48 bits per heavy atom. The van der Waals surface area contributed by atoms with Gasteiger partial charge in [0.2, 0.25) is 0 Å². The van der Waals surface area contributed by atoms with Gasteiger partial charge in [-0.05, 0) is 55.3 Å². The molecule has 4 nitrogen and oxygen atoms in total. The van der Waals surface area contributed by atoms with E-state index in [2.05, 4.69) is 33.0 Å². The monoisotopic (exact) mass is 344 g/mol. The summed E-state index contributed by atoms with van der Waals surface area (Å²) in [6, 6.07) is 9.12. The number of benzene rings is 2.